The topological polar surface area (TPSA) is 107 Å². The summed E-state index contributed by atoms with van der Waals surface area (Å²) >= 11 is 12.7. The van der Waals surface area contributed by atoms with E-state index in [2.05, 4.69) is 40.2 Å². The summed E-state index contributed by atoms with van der Waals surface area (Å²) in [5.74, 6) is 0.616. The van der Waals surface area contributed by atoms with Crippen molar-refractivity contribution < 1.29 is 19.1 Å². The van der Waals surface area contributed by atoms with Crippen molar-refractivity contribution in [2.24, 2.45) is 0 Å². The Bertz CT molecular complexity index is 1320. The number of carbonyl (C=O) groups excluding carboxylic acids is 2. The third kappa shape index (κ3) is 8.08. The number of aryl methyl sites for hydroxylation is 1. The number of benzene rings is 1. The van der Waals surface area contributed by atoms with Crippen molar-refractivity contribution >= 4 is 55.1 Å². The predicted octanol–water partition coefficient (Wildman–Crippen LogP) is 6.92. The minimum Gasteiger partial charge on any atom is -0.450 e. The third-order valence-electron chi connectivity index (χ3n) is 5.23. The van der Waals surface area contributed by atoms with Crippen LogP contribution in [0.3, 0.4) is 0 Å². The van der Waals surface area contributed by atoms with Gasteiger partial charge in [-0.25, -0.2) is 14.6 Å². The molecule has 12 heteroatoms. The summed E-state index contributed by atoms with van der Waals surface area (Å²) in [6, 6.07) is 6.01. The lowest BCUT2D eigenvalue weighted by Crippen LogP contribution is -2.32. The first-order valence-corrected chi connectivity index (χ1v) is 16.3. The number of nitrogens with zero attached hydrogens (tertiary/aromatic N) is 3. The van der Waals surface area contributed by atoms with Crippen LogP contribution in [0, 0.1) is 6.92 Å². The quantitative estimate of drug-likeness (QED) is 0.301. The van der Waals surface area contributed by atoms with Gasteiger partial charge in [-0.3, -0.25) is 9.72 Å². The van der Waals surface area contributed by atoms with Crippen molar-refractivity contribution in [3.05, 3.63) is 45.7 Å². The minimum absolute atomic E-state index is 0.123. The van der Waals surface area contributed by atoms with E-state index in [4.69, 9.17) is 32.7 Å². The molecular formula is C25H33Cl2N5O4Si. The number of nitrogens with one attached hydrogen (secondary N) is 2. The molecule has 0 unspecified atom stereocenters. The van der Waals surface area contributed by atoms with Crippen LogP contribution in [0.4, 0.5) is 15.4 Å². The van der Waals surface area contributed by atoms with Crippen molar-refractivity contribution in [1.82, 2.24) is 19.7 Å². The molecule has 0 saturated heterocycles. The number of aromatic nitrogens is 3. The SMILES string of the molecule is Cc1nc2nc(NC(=O)OCC[Si](C)(C)C)cn2c(-c2ccc(Cl)cc2Cl)c1CNC(=O)OC(C)(C)C. The summed E-state index contributed by atoms with van der Waals surface area (Å²) in [4.78, 5) is 33.8. The van der Waals surface area contributed by atoms with Gasteiger partial charge >= 0.3 is 12.2 Å². The fourth-order valence-electron chi connectivity index (χ4n) is 3.46. The van der Waals surface area contributed by atoms with E-state index in [9.17, 15) is 9.59 Å². The number of imidazole rings is 1. The van der Waals surface area contributed by atoms with Crippen molar-refractivity contribution in [3.63, 3.8) is 0 Å². The summed E-state index contributed by atoms with van der Waals surface area (Å²) in [6.07, 6.45) is 0.490. The van der Waals surface area contributed by atoms with Gasteiger partial charge in [0, 0.05) is 29.9 Å². The second-order valence-electron chi connectivity index (χ2n) is 10.9. The van der Waals surface area contributed by atoms with Crippen molar-refractivity contribution in [1.29, 1.82) is 0 Å². The van der Waals surface area contributed by atoms with Gasteiger partial charge in [-0.15, -0.1) is 0 Å². The number of fused-ring (bicyclic) bond motifs is 1. The number of ether oxygens (including phenoxy) is 2. The van der Waals surface area contributed by atoms with Gasteiger partial charge in [0.2, 0.25) is 5.78 Å². The van der Waals surface area contributed by atoms with Gasteiger partial charge in [0.25, 0.3) is 0 Å². The average Bonchev–Trinajstić information content (AvgIpc) is 3.11. The van der Waals surface area contributed by atoms with Crippen LogP contribution < -0.4 is 10.6 Å². The average molecular weight is 567 g/mol. The van der Waals surface area contributed by atoms with E-state index in [1.165, 1.54) is 0 Å². The van der Waals surface area contributed by atoms with Gasteiger partial charge in [-0.2, -0.15) is 4.98 Å². The van der Waals surface area contributed by atoms with E-state index in [1.54, 1.807) is 49.6 Å². The Hall–Kier alpha value is -2.82. The molecule has 37 heavy (non-hydrogen) atoms. The maximum absolute atomic E-state index is 12.4. The van der Waals surface area contributed by atoms with Gasteiger partial charge in [0.1, 0.15) is 5.60 Å². The maximum atomic E-state index is 12.4. The number of anilines is 1. The Morgan fingerprint density at radius 2 is 1.81 bits per heavy atom. The molecule has 0 fully saturated rings. The molecular weight excluding hydrogens is 533 g/mol. The monoisotopic (exact) mass is 565 g/mol. The molecule has 2 N–H and O–H groups in total. The highest BCUT2D eigenvalue weighted by Gasteiger charge is 2.22. The molecule has 0 aliphatic rings. The highest BCUT2D eigenvalue weighted by atomic mass is 35.5. The molecule has 2 amide bonds. The van der Waals surface area contributed by atoms with Crippen molar-refractivity contribution in [2.45, 2.75) is 65.5 Å². The fourth-order valence-corrected chi connectivity index (χ4v) is 4.67. The number of rotatable bonds is 7. The molecule has 200 valence electrons. The molecule has 0 bridgehead atoms. The van der Waals surface area contributed by atoms with Crippen molar-refractivity contribution in [2.75, 3.05) is 11.9 Å². The van der Waals surface area contributed by atoms with E-state index in [1.807, 2.05) is 6.92 Å². The molecule has 0 aliphatic carbocycles. The van der Waals surface area contributed by atoms with Gasteiger partial charge < -0.3 is 14.8 Å². The summed E-state index contributed by atoms with van der Waals surface area (Å²) in [5, 5.41) is 6.35. The highest BCUT2D eigenvalue weighted by molar-refractivity contribution is 6.76. The summed E-state index contributed by atoms with van der Waals surface area (Å²) in [7, 11) is -1.33. The molecule has 0 saturated carbocycles. The first-order chi connectivity index (χ1) is 17.1. The van der Waals surface area contributed by atoms with Gasteiger partial charge in [-0.05, 0) is 51.9 Å². The maximum Gasteiger partial charge on any atom is 0.412 e. The number of halogens is 2. The number of amides is 2. The standard InChI is InChI=1S/C25H33Cl2N5O4Si/c1-15-18(13-28-23(33)36-25(2,3)4)21(17-9-8-16(26)12-19(17)27)32-14-20(30-22(32)29-15)31-24(34)35-10-11-37(5,6)7/h8-9,12,14H,10-11,13H2,1-7H3,(H,28,33)(H,31,34). The van der Waals surface area contributed by atoms with E-state index < -0.39 is 25.9 Å². The first kappa shape index (κ1) is 28.7. The molecule has 0 radical (unpaired) electrons. The molecule has 1 aromatic carbocycles. The molecule has 0 spiro atoms. The molecule has 3 rings (SSSR count). The Labute approximate surface area is 227 Å². The molecule has 9 nitrogen and oxygen atoms in total. The van der Waals surface area contributed by atoms with E-state index in [0.717, 1.165) is 6.04 Å². The van der Waals surface area contributed by atoms with Crippen LogP contribution in [0.15, 0.2) is 24.4 Å². The predicted molar refractivity (Wildman–Crippen MR) is 149 cm³/mol. The van der Waals surface area contributed by atoms with E-state index in [-0.39, 0.29) is 12.4 Å². The summed E-state index contributed by atoms with van der Waals surface area (Å²) in [5.41, 5.74) is 1.99. The molecule has 2 heterocycles. The minimum atomic E-state index is -1.33. The lowest BCUT2D eigenvalue weighted by molar-refractivity contribution is 0.0523. The summed E-state index contributed by atoms with van der Waals surface area (Å²) in [6.45, 7) is 14.3. The smallest absolute Gasteiger partial charge is 0.412 e. The first-order valence-electron chi connectivity index (χ1n) is 11.9. The fraction of sp³-hybridized carbons (Fsp3) is 0.440. The second kappa shape index (κ2) is 11.3. The summed E-state index contributed by atoms with van der Waals surface area (Å²) < 4.78 is 12.4. The lowest BCUT2D eigenvalue weighted by Gasteiger charge is -2.21. The van der Waals surface area contributed by atoms with Crippen LogP contribution in [0.1, 0.15) is 32.0 Å². The zero-order valence-corrected chi connectivity index (χ0v) is 24.7. The zero-order chi connectivity index (χ0) is 27.5. The number of alkyl carbamates (subject to hydrolysis) is 1. The van der Waals surface area contributed by atoms with Crippen LogP contribution in [-0.4, -0.2) is 46.8 Å². The van der Waals surface area contributed by atoms with Gasteiger partial charge in [0.05, 0.1) is 30.1 Å². The number of carbonyl (C=O) groups is 2. The van der Waals surface area contributed by atoms with E-state index in [0.29, 0.717) is 44.9 Å². The Balaban J connectivity index is 1.99. The van der Waals surface area contributed by atoms with Crippen LogP contribution in [0.2, 0.25) is 35.7 Å². The molecule has 3 aromatic rings. The zero-order valence-electron chi connectivity index (χ0n) is 22.2. The van der Waals surface area contributed by atoms with E-state index >= 15 is 0 Å². The lowest BCUT2D eigenvalue weighted by atomic mass is 10.0. The molecule has 2 aromatic heterocycles. The normalized spacial score (nSPS) is 11.9. The van der Waals surface area contributed by atoms with Gasteiger partial charge in [-0.1, -0.05) is 42.8 Å². The van der Waals surface area contributed by atoms with Crippen molar-refractivity contribution in [3.8, 4) is 11.3 Å². The van der Waals surface area contributed by atoms with Crippen LogP contribution in [0.25, 0.3) is 17.0 Å². The van der Waals surface area contributed by atoms with Crippen LogP contribution in [0.5, 0.6) is 0 Å². The molecule has 0 aliphatic heterocycles. The third-order valence-corrected chi connectivity index (χ3v) is 7.48. The Morgan fingerprint density at radius 3 is 2.43 bits per heavy atom. The second-order valence-corrected chi connectivity index (χ2v) is 17.3. The Morgan fingerprint density at radius 1 is 1.11 bits per heavy atom. The number of hydrogen-bond acceptors (Lipinski definition) is 6. The van der Waals surface area contributed by atoms with Crippen LogP contribution >= 0.6 is 23.2 Å². The molecule has 0 atom stereocenters. The largest absolute Gasteiger partial charge is 0.450 e. The van der Waals surface area contributed by atoms with Crippen LogP contribution in [-0.2, 0) is 16.0 Å². The number of hydrogen-bond donors (Lipinski definition) is 2. The highest BCUT2D eigenvalue weighted by Crippen LogP contribution is 2.34. The Kier molecular flexibility index (Phi) is 8.76. The van der Waals surface area contributed by atoms with Gasteiger partial charge in [0.15, 0.2) is 5.82 Å².